The number of hydrogen-bond donors (Lipinski definition) is 3. The van der Waals surface area contributed by atoms with Crippen LogP contribution in [0.5, 0.6) is 0 Å². The Kier molecular flexibility index (Phi) is 7.93. The third-order valence-electron chi connectivity index (χ3n) is 6.69. The summed E-state index contributed by atoms with van der Waals surface area (Å²) in [5, 5.41) is 8.96. The molecular formula is C30H36N4O2. The summed E-state index contributed by atoms with van der Waals surface area (Å²) in [7, 11) is 0. The molecule has 0 spiro atoms. The summed E-state index contributed by atoms with van der Waals surface area (Å²) in [5.74, 6) is 0.301. The molecule has 36 heavy (non-hydrogen) atoms. The molecular weight excluding hydrogens is 448 g/mol. The van der Waals surface area contributed by atoms with Gasteiger partial charge in [0.05, 0.1) is 11.4 Å². The average molecular weight is 485 g/mol. The molecule has 3 amide bonds. The zero-order valence-corrected chi connectivity index (χ0v) is 21.7. The first kappa shape index (κ1) is 25.3. The van der Waals surface area contributed by atoms with Gasteiger partial charge in [0.15, 0.2) is 0 Å². The summed E-state index contributed by atoms with van der Waals surface area (Å²) in [5.41, 5.74) is 7.24. The largest absolute Gasteiger partial charge is 0.370 e. The van der Waals surface area contributed by atoms with Crippen LogP contribution in [-0.2, 0) is 6.54 Å². The summed E-state index contributed by atoms with van der Waals surface area (Å²) in [6.45, 7) is 10.6. The van der Waals surface area contributed by atoms with Gasteiger partial charge in [-0.2, -0.15) is 0 Å². The maximum Gasteiger partial charge on any atom is 0.323 e. The van der Waals surface area contributed by atoms with Gasteiger partial charge in [0.2, 0.25) is 0 Å². The number of aryl methyl sites for hydroxylation is 2. The van der Waals surface area contributed by atoms with Gasteiger partial charge in [0.25, 0.3) is 5.91 Å². The number of hydrogen-bond acceptors (Lipinski definition) is 3. The van der Waals surface area contributed by atoms with Gasteiger partial charge >= 0.3 is 6.03 Å². The van der Waals surface area contributed by atoms with Crippen molar-refractivity contribution in [1.29, 1.82) is 0 Å². The maximum atomic E-state index is 13.0. The lowest BCUT2D eigenvalue weighted by molar-refractivity contribution is 0.0951. The fourth-order valence-corrected chi connectivity index (χ4v) is 4.46. The van der Waals surface area contributed by atoms with Crippen LogP contribution in [0, 0.1) is 13.8 Å². The van der Waals surface area contributed by atoms with Crippen molar-refractivity contribution in [2.45, 2.75) is 53.0 Å². The molecule has 0 radical (unpaired) electrons. The van der Waals surface area contributed by atoms with Crippen LogP contribution in [0.3, 0.4) is 0 Å². The predicted octanol–water partition coefficient (Wildman–Crippen LogP) is 6.60. The number of nitrogens with one attached hydrogen (secondary N) is 3. The first-order valence-corrected chi connectivity index (χ1v) is 12.7. The molecule has 1 aliphatic rings. The fourth-order valence-electron chi connectivity index (χ4n) is 4.46. The Morgan fingerprint density at radius 1 is 0.861 bits per heavy atom. The Labute approximate surface area is 214 Å². The first-order chi connectivity index (χ1) is 17.3. The van der Waals surface area contributed by atoms with Crippen molar-refractivity contribution in [3.8, 4) is 0 Å². The molecule has 6 heteroatoms. The second kappa shape index (κ2) is 11.3. The van der Waals surface area contributed by atoms with E-state index in [1.807, 2.05) is 44.2 Å². The molecule has 0 bridgehead atoms. The van der Waals surface area contributed by atoms with Gasteiger partial charge in [0, 0.05) is 30.9 Å². The molecule has 0 saturated carbocycles. The Bertz CT molecular complexity index is 1230. The van der Waals surface area contributed by atoms with E-state index >= 15 is 0 Å². The van der Waals surface area contributed by atoms with E-state index in [-0.39, 0.29) is 11.9 Å². The highest BCUT2D eigenvalue weighted by Gasteiger charge is 2.19. The topological polar surface area (TPSA) is 73.5 Å². The highest BCUT2D eigenvalue weighted by atomic mass is 16.2. The van der Waals surface area contributed by atoms with Crippen molar-refractivity contribution in [3.05, 3.63) is 88.5 Å². The maximum absolute atomic E-state index is 13.0. The Balaban J connectivity index is 1.49. The monoisotopic (exact) mass is 484 g/mol. The van der Waals surface area contributed by atoms with Crippen LogP contribution in [0.1, 0.15) is 65.2 Å². The highest BCUT2D eigenvalue weighted by Crippen LogP contribution is 2.30. The lowest BCUT2D eigenvalue weighted by Crippen LogP contribution is -2.26. The lowest BCUT2D eigenvalue weighted by Gasteiger charge is -2.22. The minimum Gasteiger partial charge on any atom is -0.370 e. The van der Waals surface area contributed by atoms with Gasteiger partial charge in [-0.3, -0.25) is 4.79 Å². The Hall–Kier alpha value is -3.80. The average Bonchev–Trinajstić information content (AvgIpc) is 3.40. The number of anilines is 3. The number of carbonyl (C=O) groups is 2. The van der Waals surface area contributed by atoms with Crippen LogP contribution in [0.25, 0.3) is 0 Å². The van der Waals surface area contributed by atoms with Crippen LogP contribution in [0.15, 0.2) is 60.7 Å². The molecule has 3 N–H and O–H groups in total. The molecule has 1 fully saturated rings. The van der Waals surface area contributed by atoms with E-state index in [0.717, 1.165) is 54.0 Å². The van der Waals surface area contributed by atoms with Crippen molar-refractivity contribution < 1.29 is 9.59 Å². The van der Waals surface area contributed by atoms with Crippen molar-refractivity contribution in [1.82, 2.24) is 5.32 Å². The zero-order chi connectivity index (χ0) is 25.7. The number of amides is 3. The van der Waals surface area contributed by atoms with Crippen molar-refractivity contribution >= 4 is 29.0 Å². The second-order valence-electron chi connectivity index (χ2n) is 9.90. The van der Waals surface area contributed by atoms with Crippen molar-refractivity contribution in [2.24, 2.45) is 0 Å². The molecule has 0 aliphatic carbocycles. The number of rotatable bonds is 7. The molecule has 1 aliphatic heterocycles. The van der Waals surface area contributed by atoms with E-state index in [9.17, 15) is 9.59 Å². The standard InChI is InChI=1S/C30H36N4O2/c1-20(2)24-11-9-23(10-12-24)19-31-29(35)25-13-14-28(34-15-5-6-16-34)27(18-25)33-30(36)32-26-17-21(3)7-8-22(26)4/h7-14,17-18,20H,5-6,15-16,19H2,1-4H3,(H,31,35)(H2,32,33,36). The van der Waals surface area contributed by atoms with Gasteiger partial charge < -0.3 is 20.9 Å². The van der Waals surface area contributed by atoms with E-state index in [4.69, 9.17) is 0 Å². The summed E-state index contributed by atoms with van der Waals surface area (Å²) in [6, 6.07) is 19.5. The minimum atomic E-state index is -0.327. The van der Waals surface area contributed by atoms with Crippen LogP contribution in [0.4, 0.5) is 21.9 Å². The van der Waals surface area contributed by atoms with Crippen LogP contribution >= 0.6 is 0 Å². The molecule has 1 heterocycles. The summed E-state index contributed by atoms with van der Waals surface area (Å²) in [6.07, 6.45) is 2.23. The molecule has 0 unspecified atom stereocenters. The van der Waals surface area contributed by atoms with Gasteiger partial charge in [-0.05, 0) is 79.1 Å². The van der Waals surface area contributed by atoms with Gasteiger partial charge in [-0.15, -0.1) is 0 Å². The van der Waals surface area contributed by atoms with Gasteiger partial charge in [0.1, 0.15) is 0 Å². The van der Waals surface area contributed by atoms with E-state index < -0.39 is 0 Å². The summed E-state index contributed by atoms with van der Waals surface area (Å²) >= 11 is 0. The molecule has 6 nitrogen and oxygen atoms in total. The third-order valence-corrected chi connectivity index (χ3v) is 6.69. The summed E-state index contributed by atoms with van der Waals surface area (Å²) in [4.78, 5) is 28.2. The smallest absolute Gasteiger partial charge is 0.323 e. The molecule has 0 atom stereocenters. The van der Waals surface area contributed by atoms with Crippen molar-refractivity contribution in [3.63, 3.8) is 0 Å². The van der Waals surface area contributed by atoms with E-state index in [1.54, 1.807) is 6.07 Å². The van der Waals surface area contributed by atoms with Crippen LogP contribution in [-0.4, -0.2) is 25.0 Å². The fraction of sp³-hybridized carbons (Fsp3) is 0.333. The molecule has 0 aromatic heterocycles. The van der Waals surface area contributed by atoms with Gasteiger partial charge in [-0.25, -0.2) is 4.79 Å². The quantitative estimate of drug-likeness (QED) is 0.354. The molecule has 188 valence electrons. The number of urea groups is 1. The van der Waals surface area contributed by atoms with Crippen LogP contribution in [0.2, 0.25) is 0 Å². The van der Waals surface area contributed by atoms with E-state index in [1.165, 1.54) is 5.56 Å². The Morgan fingerprint density at radius 3 is 2.25 bits per heavy atom. The van der Waals surface area contributed by atoms with E-state index in [0.29, 0.717) is 23.7 Å². The summed E-state index contributed by atoms with van der Waals surface area (Å²) < 4.78 is 0. The first-order valence-electron chi connectivity index (χ1n) is 12.7. The highest BCUT2D eigenvalue weighted by molar-refractivity contribution is 6.04. The second-order valence-corrected chi connectivity index (χ2v) is 9.90. The number of benzene rings is 3. The predicted molar refractivity (Wildman–Crippen MR) is 148 cm³/mol. The number of carbonyl (C=O) groups excluding carboxylic acids is 2. The molecule has 3 aromatic rings. The van der Waals surface area contributed by atoms with Gasteiger partial charge in [-0.1, -0.05) is 50.2 Å². The zero-order valence-electron chi connectivity index (χ0n) is 21.7. The minimum absolute atomic E-state index is 0.172. The third kappa shape index (κ3) is 6.25. The molecule has 3 aromatic carbocycles. The Morgan fingerprint density at radius 2 is 1.56 bits per heavy atom. The molecule has 1 saturated heterocycles. The molecule has 4 rings (SSSR count). The SMILES string of the molecule is Cc1ccc(C)c(NC(=O)Nc2cc(C(=O)NCc3ccc(C(C)C)cc3)ccc2N2CCCC2)c1. The number of nitrogens with zero attached hydrogens (tertiary/aromatic N) is 1. The van der Waals surface area contributed by atoms with E-state index in [2.05, 4.69) is 59.0 Å². The van der Waals surface area contributed by atoms with Crippen molar-refractivity contribution in [2.75, 3.05) is 28.6 Å². The normalized spacial score (nSPS) is 13.1. The lowest BCUT2D eigenvalue weighted by atomic mass is 10.0. The van der Waals surface area contributed by atoms with Crippen LogP contribution < -0.4 is 20.9 Å².